The van der Waals surface area contributed by atoms with Gasteiger partial charge >= 0.3 is 0 Å². The fourth-order valence-electron chi connectivity index (χ4n) is 3.73. The molecule has 0 fully saturated rings. The maximum Gasteiger partial charge on any atom is 0.283 e. The van der Waals surface area contributed by atoms with Crippen molar-refractivity contribution in [2.45, 2.75) is 34.1 Å². The Kier molecular flexibility index (Phi) is 8.01. The third kappa shape index (κ3) is 5.42. The first-order valence-corrected chi connectivity index (χ1v) is 12.8. The van der Waals surface area contributed by atoms with Gasteiger partial charge in [0.15, 0.2) is 17.3 Å². The standard InChI is InChI=1S/C26H27ClN4O4S/c1-5-21-30-31-24(28)18(25(32)29-26(31)36-21)12-17-13-19(27)23(20(14-17)33-6-2)35-11-10-34-22-15(3)8-7-9-16(22)4/h7-9,12-14,28H,5-6,10-11H2,1-4H3/b18-12-,28-24?. The van der Waals surface area contributed by atoms with Gasteiger partial charge in [-0.15, -0.1) is 0 Å². The predicted molar refractivity (Wildman–Crippen MR) is 145 cm³/mol. The van der Waals surface area contributed by atoms with Gasteiger partial charge in [-0.25, -0.2) is 0 Å². The van der Waals surface area contributed by atoms with Crippen LogP contribution < -0.4 is 14.2 Å². The first-order valence-electron chi connectivity index (χ1n) is 11.6. The summed E-state index contributed by atoms with van der Waals surface area (Å²) in [6.45, 7) is 8.82. The summed E-state index contributed by atoms with van der Waals surface area (Å²) in [5.74, 6) is 1.15. The van der Waals surface area contributed by atoms with Crippen LogP contribution in [0.3, 0.4) is 0 Å². The number of fused-ring (bicyclic) bond motifs is 1. The lowest BCUT2D eigenvalue weighted by molar-refractivity contribution is -0.114. The number of nitrogens with zero attached hydrogens (tertiary/aromatic N) is 3. The van der Waals surface area contributed by atoms with Crippen molar-refractivity contribution in [1.82, 2.24) is 5.01 Å². The van der Waals surface area contributed by atoms with Crippen molar-refractivity contribution in [1.29, 1.82) is 5.41 Å². The van der Waals surface area contributed by atoms with Crippen LogP contribution in [0.1, 0.15) is 37.0 Å². The van der Waals surface area contributed by atoms with E-state index >= 15 is 0 Å². The van der Waals surface area contributed by atoms with E-state index in [9.17, 15) is 4.79 Å². The highest BCUT2D eigenvalue weighted by Gasteiger charge is 2.35. The molecule has 0 aromatic heterocycles. The summed E-state index contributed by atoms with van der Waals surface area (Å²) in [7, 11) is 0. The van der Waals surface area contributed by atoms with E-state index in [4.69, 9.17) is 31.2 Å². The Labute approximate surface area is 219 Å². The van der Waals surface area contributed by atoms with Crippen molar-refractivity contribution in [3.05, 3.63) is 57.6 Å². The number of rotatable bonds is 9. The van der Waals surface area contributed by atoms with E-state index in [1.165, 1.54) is 16.8 Å². The molecule has 2 heterocycles. The smallest absolute Gasteiger partial charge is 0.283 e. The van der Waals surface area contributed by atoms with Crippen molar-refractivity contribution in [3.8, 4) is 17.2 Å². The molecule has 10 heteroatoms. The fraction of sp³-hybridized carbons (Fsp3) is 0.308. The number of hydrogen-bond acceptors (Lipinski definition) is 7. The molecule has 0 spiro atoms. The Balaban J connectivity index is 1.52. The van der Waals surface area contributed by atoms with Crippen LogP contribution in [0.2, 0.25) is 5.02 Å². The molecule has 0 aliphatic carbocycles. The molecule has 188 valence electrons. The van der Waals surface area contributed by atoms with Crippen LogP contribution >= 0.6 is 23.4 Å². The van der Waals surface area contributed by atoms with Gasteiger partial charge in [0.2, 0.25) is 5.17 Å². The number of thioether (sulfide) groups is 1. The van der Waals surface area contributed by atoms with Gasteiger partial charge in [0.25, 0.3) is 5.91 Å². The minimum atomic E-state index is -0.496. The Morgan fingerprint density at radius 3 is 2.44 bits per heavy atom. The van der Waals surface area contributed by atoms with E-state index in [-0.39, 0.29) is 18.0 Å². The number of carbonyl (C=O) groups excluding carboxylic acids is 1. The number of para-hydroxylation sites is 1. The van der Waals surface area contributed by atoms with Gasteiger partial charge in [0.1, 0.15) is 24.0 Å². The summed E-state index contributed by atoms with van der Waals surface area (Å²) >= 11 is 7.86. The zero-order valence-corrected chi connectivity index (χ0v) is 22.1. The van der Waals surface area contributed by atoms with E-state index in [1.54, 1.807) is 18.2 Å². The zero-order chi connectivity index (χ0) is 25.8. The summed E-state index contributed by atoms with van der Waals surface area (Å²) in [4.78, 5) is 16.8. The maximum absolute atomic E-state index is 12.7. The van der Waals surface area contributed by atoms with Gasteiger partial charge in [0.05, 0.1) is 17.2 Å². The highest BCUT2D eigenvalue weighted by Crippen LogP contribution is 2.38. The summed E-state index contributed by atoms with van der Waals surface area (Å²) in [6, 6.07) is 9.38. The molecule has 2 aromatic rings. The molecule has 0 saturated heterocycles. The van der Waals surface area contributed by atoms with Crippen LogP contribution in [0.4, 0.5) is 0 Å². The highest BCUT2D eigenvalue weighted by atomic mass is 35.5. The molecular formula is C26H27ClN4O4S. The number of amidine groups is 2. The average molecular weight is 527 g/mol. The summed E-state index contributed by atoms with van der Waals surface area (Å²) in [5.41, 5.74) is 2.82. The molecule has 2 aromatic carbocycles. The molecule has 0 unspecified atom stereocenters. The largest absolute Gasteiger partial charge is 0.490 e. The number of nitrogens with one attached hydrogen (secondary N) is 1. The number of amides is 1. The summed E-state index contributed by atoms with van der Waals surface area (Å²) < 4.78 is 17.6. The molecule has 1 amide bonds. The van der Waals surface area contributed by atoms with E-state index < -0.39 is 5.91 Å². The van der Waals surface area contributed by atoms with Crippen LogP contribution in [-0.2, 0) is 4.79 Å². The lowest BCUT2D eigenvalue weighted by Crippen LogP contribution is -2.35. The Morgan fingerprint density at radius 1 is 1.08 bits per heavy atom. The van der Waals surface area contributed by atoms with Gasteiger partial charge in [-0.2, -0.15) is 15.1 Å². The number of carbonyl (C=O) groups is 1. The molecular weight excluding hydrogens is 500 g/mol. The van der Waals surface area contributed by atoms with Crippen molar-refractivity contribution in [3.63, 3.8) is 0 Å². The van der Waals surface area contributed by atoms with Crippen molar-refractivity contribution >= 4 is 51.4 Å². The number of hydrazone groups is 1. The lowest BCUT2D eigenvalue weighted by Gasteiger charge is -2.20. The Morgan fingerprint density at radius 2 is 1.78 bits per heavy atom. The van der Waals surface area contributed by atoms with Crippen molar-refractivity contribution in [2.24, 2.45) is 10.1 Å². The molecule has 4 rings (SSSR count). The Hall–Kier alpha value is -3.30. The second-order valence-corrected chi connectivity index (χ2v) is 9.50. The Bertz CT molecular complexity index is 1280. The average Bonchev–Trinajstić information content (AvgIpc) is 3.26. The first-order chi connectivity index (χ1) is 17.3. The molecule has 2 aliphatic rings. The predicted octanol–water partition coefficient (Wildman–Crippen LogP) is 5.84. The molecule has 0 saturated carbocycles. The monoisotopic (exact) mass is 526 g/mol. The third-order valence-electron chi connectivity index (χ3n) is 5.43. The number of ether oxygens (including phenoxy) is 3. The van der Waals surface area contributed by atoms with Gasteiger partial charge in [0, 0.05) is 0 Å². The molecule has 2 aliphatic heterocycles. The molecule has 1 N–H and O–H groups in total. The quantitative estimate of drug-likeness (QED) is 0.325. The van der Waals surface area contributed by atoms with Gasteiger partial charge in [-0.1, -0.05) is 36.7 Å². The lowest BCUT2D eigenvalue weighted by atomic mass is 10.1. The van der Waals surface area contributed by atoms with E-state index in [0.29, 0.717) is 46.9 Å². The minimum Gasteiger partial charge on any atom is -0.490 e. The number of aliphatic imine (C=N–C) groups is 1. The van der Waals surface area contributed by atoms with Gasteiger partial charge in [-0.05, 0) is 73.9 Å². The van der Waals surface area contributed by atoms with E-state index in [2.05, 4.69) is 10.1 Å². The van der Waals surface area contributed by atoms with Crippen LogP contribution in [0.25, 0.3) is 6.08 Å². The third-order valence-corrected chi connectivity index (χ3v) is 6.76. The SMILES string of the molecule is CCOc1cc(/C=C2/C(=N)N3N=C(CC)SC3=NC2=O)cc(Cl)c1OCCOc1c(C)cccc1C. The second kappa shape index (κ2) is 11.2. The number of aryl methyl sites for hydroxylation is 2. The highest BCUT2D eigenvalue weighted by molar-refractivity contribution is 8.26. The van der Waals surface area contributed by atoms with E-state index in [0.717, 1.165) is 21.9 Å². The van der Waals surface area contributed by atoms with Crippen LogP contribution in [-0.4, -0.2) is 46.8 Å². The second-order valence-electron chi connectivity index (χ2n) is 8.05. The molecule has 8 nitrogen and oxygen atoms in total. The number of benzene rings is 2. The van der Waals surface area contributed by atoms with Crippen molar-refractivity contribution < 1.29 is 19.0 Å². The topological polar surface area (TPSA) is 96.6 Å². The number of halogens is 1. The maximum atomic E-state index is 12.7. The minimum absolute atomic E-state index is 0.0287. The van der Waals surface area contributed by atoms with E-state index in [1.807, 2.05) is 45.9 Å². The number of hydrogen-bond donors (Lipinski definition) is 1. The molecule has 0 atom stereocenters. The molecule has 0 radical (unpaired) electrons. The fourth-order valence-corrected chi connectivity index (χ4v) is 4.83. The van der Waals surface area contributed by atoms with Crippen LogP contribution in [0.5, 0.6) is 17.2 Å². The van der Waals surface area contributed by atoms with Gasteiger partial charge in [-0.3, -0.25) is 10.2 Å². The summed E-state index contributed by atoms with van der Waals surface area (Å²) in [5, 5.41) is 15.8. The van der Waals surface area contributed by atoms with Crippen LogP contribution in [0, 0.1) is 19.3 Å². The summed E-state index contributed by atoms with van der Waals surface area (Å²) in [6.07, 6.45) is 2.27. The first kappa shape index (κ1) is 25.8. The zero-order valence-electron chi connectivity index (χ0n) is 20.6. The van der Waals surface area contributed by atoms with Gasteiger partial charge < -0.3 is 14.2 Å². The normalized spacial score (nSPS) is 16.1. The molecule has 0 bridgehead atoms. The van der Waals surface area contributed by atoms with Crippen LogP contribution in [0.15, 0.2) is 46.0 Å². The molecule has 36 heavy (non-hydrogen) atoms. The van der Waals surface area contributed by atoms with Crippen molar-refractivity contribution in [2.75, 3.05) is 19.8 Å².